The monoisotopic (exact) mass is 349 g/mol. The van der Waals surface area contributed by atoms with E-state index >= 15 is 0 Å². The molecule has 132 valence electrons. The van der Waals surface area contributed by atoms with Gasteiger partial charge in [-0.2, -0.15) is 0 Å². The Kier molecular flexibility index (Phi) is 4.57. The van der Waals surface area contributed by atoms with Crippen LogP contribution >= 0.6 is 0 Å². The van der Waals surface area contributed by atoms with Gasteiger partial charge in [-0.1, -0.05) is 30.3 Å². The zero-order valence-electron chi connectivity index (χ0n) is 14.4. The normalized spacial score (nSPS) is 16.8. The standard InChI is InChI=1S/C22H20FNO2/c23-18-10-8-17(9-11-18)20-12-13-21(26-20)22(25)24-14-4-7-19(24)15-16-5-2-1-3-6-16/h1-3,5-6,8-13,19H,4,7,14-15H2/t19-/m1/s1. The molecule has 1 aromatic heterocycles. The van der Waals surface area contributed by atoms with E-state index in [9.17, 15) is 9.18 Å². The topological polar surface area (TPSA) is 33.5 Å². The van der Waals surface area contributed by atoms with Gasteiger partial charge in [0.2, 0.25) is 0 Å². The van der Waals surface area contributed by atoms with Crippen LogP contribution in [-0.2, 0) is 6.42 Å². The summed E-state index contributed by atoms with van der Waals surface area (Å²) in [5.74, 6) is 0.547. The van der Waals surface area contributed by atoms with Gasteiger partial charge in [0.05, 0.1) is 0 Å². The second kappa shape index (κ2) is 7.16. The van der Waals surface area contributed by atoms with Gasteiger partial charge in [0.15, 0.2) is 5.76 Å². The summed E-state index contributed by atoms with van der Waals surface area (Å²) >= 11 is 0. The van der Waals surface area contributed by atoms with Crippen LogP contribution in [0.25, 0.3) is 11.3 Å². The number of carbonyl (C=O) groups excluding carboxylic acids is 1. The Bertz CT molecular complexity index is 886. The van der Waals surface area contributed by atoms with Crippen LogP contribution in [-0.4, -0.2) is 23.4 Å². The molecule has 3 aromatic rings. The number of rotatable bonds is 4. The number of amides is 1. The van der Waals surface area contributed by atoms with Gasteiger partial charge in [0.1, 0.15) is 11.6 Å². The quantitative estimate of drug-likeness (QED) is 0.669. The van der Waals surface area contributed by atoms with Gasteiger partial charge in [0.25, 0.3) is 5.91 Å². The molecule has 2 aromatic carbocycles. The number of benzene rings is 2. The molecule has 1 aliphatic rings. The first-order chi connectivity index (χ1) is 12.7. The summed E-state index contributed by atoms with van der Waals surface area (Å²) in [5, 5.41) is 0. The fraction of sp³-hybridized carbons (Fsp3) is 0.227. The molecular weight excluding hydrogens is 329 g/mol. The van der Waals surface area contributed by atoms with E-state index < -0.39 is 0 Å². The molecule has 1 aliphatic heterocycles. The van der Waals surface area contributed by atoms with Crippen molar-refractivity contribution < 1.29 is 13.6 Å². The Morgan fingerprint density at radius 3 is 2.58 bits per heavy atom. The lowest BCUT2D eigenvalue weighted by Crippen LogP contribution is -2.36. The number of nitrogens with zero attached hydrogens (tertiary/aromatic N) is 1. The van der Waals surface area contributed by atoms with E-state index in [4.69, 9.17) is 4.42 Å². The van der Waals surface area contributed by atoms with Crippen LogP contribution in [0.3, 0.4) is 0 Å². The van der Waals surface area contributed by atoms with Crippen molar-refractivity contribution in [1.29, 1.82) is 0 Å². The molecule has 1 saturated heterocycles. The van der Waals surface area contributed by atoms with E-state index in [1.165, 1.54) is 17.7 Å². The van der Waals surface area contributed by atoms with E-state index in [2.05, 4.69) is 12.1 Å². The fourth-order valence-electron chi connectivity index (χ4n) is 3.57. The van der Waals surface area contributed by atoms with Gasteiger partial charge >= 0.3 is 0 Å². The molecule has 3 nitrogen and oxygen atoms in total. The fourth-order valence-corrected chi connectivity index (χ4v) is 3.57. The molecule has 0 saturated carbocycles. The third kappa shape index (κ3) is 3.40. The Balaban J connectivity index is 1.51. The SMILES string of the molecule is O=C(c1ccc(-c2ccc(F)cc2)o1)N1CCC[C@@H]1Cc1ccccc1. The van der Waals surface area contributed by atoms with Crippen molar-refractivity contribution in [3.05, 3.63) is 83.9 Å². The molecule has 0 spiro atoms. The molecule has 2 heterocycles. The van der Waals surface area contributed by atoms with Gasteiger partial charge in [-0.25, -0.2) is 4.39 Å². The lowest BCUT2D eigenvalue weighted by atomic mass is 10.0. The summed E-state index contributed by atoms with van der Waals surface area (Å²) in [4.78, 5) is 14.8. The predicted octanol–water partition coefficient (Wildman–Crippen LogP) is 4.93. The molecular formula is C22H20FNO2. The van der Waals surface area contributed by atoms with E-state index in [0.29, 0.717) is 11.5 Å². The van der Waals surface area contributed by atoms with Crippen molar-refractivity contribution in [2.75, 3.05) is 6.54 Å². The van der Waals surface area contributed by atoms with Crippen molar-refractivity contribution in [3.8, 4) is 11.3 Å². The summed E-state index contributed by atoms with van der Waals surface area (Å²) in [5.41, 5.74) is 2.00. The van der Waals surface area contributed by atoms with Crippen LogP contribution < -0.4 is 0 Å². The van der Waals surface area contributed by atoms with Gasteiger partial charge in [-0.15, -0.1) is 0 Å². The van der Waals surface area contributed by atoms with Crippen LogP contribution in [0.1, 0.15) is 29.0 Å². The first kappa shape index (κ1) is 16.6. The Labute approximate surface area is 152 Å². The molecule has 0 aliphatic carbocycles. The number of furan rings is 1. The maximum atomic E-state index is 13.1. The third-order valence-corrected chi connectivity index (χ3v) is 4.90. The minimum absolute atomic E-state index is 0.0724. The molecule has 1 fully saturated rings. The number of hydrogen-bond acceptors (Lipinski definition) is 2. The maximum absolute atomic E-state index is 13.1. The molecule has 0 N–H and O–H groups in total. The highest BCUT2D eigenvalue weighted by atomic mass is 19.1. The van der Waals surface area contributed by atoms with Crippen LogP contribution in [0.2, 0.25) is 0 Å². The second-order valence-corrected chi connectivity index (χ2v) is 6.66. The van der Waals surface area contributed by atoms with E-state index in [0.717, 1.165) is 31.4 Å². The average Bonchev–Trinajstić information content (AvgIpc) is 3.32. The van der Waals surface area contributed by atoms with Gasteiger partial charge < -0.3 is 9.32 Å². The lowest BCUT2D eigenvalue weighted by Gasteiger charge is -2.24. The number of likely N-dealkylation sites (tertiary alicyclic amines) is 1. The summed E-state index contributed by atoms with van der Waals surface area (Å²) < 4.78 is 18.8. The van der Waals surface area contributed by atoms with Crippen LogP contribution in [0, 0.1) is 5.82 Å². The second-order valence-electron chi connectivity index (χ2n) is 6.66. The molecule has 1 amide bonds. The Morgan fingerprint density at radius 1 is 1.04 bits per heavy atom. The number of halogens is 1. The highest BCUT2D eigenvalue weighted by molar-refractivity contribution is 5.92. The van der Waals surface area contributed by atoms with Crippen molar-refractivity contribution >= 4 is 5.91 Å². The number of hydrogen-bond donors (Lipinski definition) is 0. The molecule has 4 heteroatoms. The molecule has 0 radical (unpaired) electrons. The van der Waals surface area contributed by atoms with Gasteiger partial charge in [0, 0.05) is 18.2 Å². The minimum atomic E-state index is -0.294. The third-order valence-electron chi connectivity index (χ3n) is 4.90. The van der Waals surface area contributed by atoms with Crippen LogP contribution in [0.5, 0.6) is 0 Å². The first-order valence-electron chi connectivity index (χ1n) is 8.91. The zero-order chi connectivity index (χ0) is 17.9. The van der Waals surface area contributed by atoms with Gasteiger partial charge in [-0.05, 0) is 61.2 Å². The summed E-state index contributed by atoms with van der Waals surface area (Å²) in [6, 6.07) is 20.0. The number of carbonyl (C=O) groups is 1. The highest BCUT2D eigenvalue weighted by Crippen LogP contribution is 2.27. The Morgan fingerprint density at radius 2 is 1.81 bits per heavy atom. The molecule has 0 unspecified atom stereocenters. The lowest BCUT2D eigenvalue weighted by molar-refractivity contribution is 0.0705. The highest BCUT2D eigenvalue weighted by Gasteiger charge is 2.31. The molecule has 4 rings (SSSR count). The van der Waals surface area contributed by atoms with Crippen LogP contribution in [0.15, 0.2) is 71.1 Å². The van der Waals surface area contributed by atoms with E-state index in [1.54, 1.807) is 24.3 Å². The largest absolute Gasteiger partial charge is 0.451 e. The average molecular weight is 349 g/mol. The summed E-state index contributed by atoms with van der Waals surface area (Å²) in [7, 11) is 0. The Hall–Kier alpha value is -2.88. The molecule has 26 heavy (non-hydrogen) atoms. The predicted molar refractivity (Wildman–Crippen MR) is 98.3 cm³/mol. The van der Waals surface area contributed by atoms with Crippen molar-refractivity contribution in [2.45, 2.75) is 25.3 Å². The van der Waals surface area contributed by atoms with Crippen molar-refractivity contribution in [1.82, 2.24) is 4.90 Å². The molecule has 1 atom stereocenters. The maximum Gasteiger partial charge on any atom is 0.289 e. The van der Waals surface area contributed by atoms with E-state index in [1.807, 2.05) is 23.1 Å². The van der Waals surface area contributed by atoms with Crippen molar-refractivity contribution in [2.24, 2.45) is 0 Å². The minimum Gasteiger partial charge on any atom is -0.451 e. The molecule has 0 bridgehead atoms. The van der Waals surface area contributed by atoms with E-state index in [-0.39, 0.29) is 17.8 Å². The van der Waals surface area contributed by atoms with Gasteiger partial charge in [-0.3, -0.25) is 4.79 Å². The summed E-state index contributed by atoms with van der Waals surface area (Å²) in [6.45, 7) is 0.753. The van der Waals surface area contributed by atoms with Crippen LogP contribution in [0.4, 0.5) is 4.39 Å². The first-order valence-corrected chi connectivity index (χ1v) is 8.91. The zero-order valence-corrected chi connectivity index (χ0v) is 14.4. The smallest absolute Gasteiger partial charge is 0.289 e. The van der Waals surface area contributed by atoms with Crippen molar-refractivity contribution in [3.63, 3.8) is 0 Å². The summed E-state index contributed by atoms with van der Waals surface area (Å²) in [6.07, 6.45) is 2.87.